The fourth-order valence-electron chi connectivity index (χ4n) is 2.31. The second-order valence-electron chi connectivity index (χ2n) is 5.24. The zero-order valence-electron chi connectivity index (χ0n) is 12.4. The Labute approximate surface area is 143 Å². The summed E-state index contributed by atoms with van der Waals surface area (Å²) in [4.78, 5) is 16.2. The Kier molecular flexibility index (Phi) is 4.88. The van der Waals surface area contributed by atoms with E-state index in [1.54, 1.807) is 24.7 Å². The Morgan fingerprint density at radius 3 is 2.65 bits per heavy atom. The number of aromatic nitrogens is 2. The standard InChI is InChI=1S/C18H16BrN3O/c19-17-6-4-16(5-7-17)18(23)21-11-14-2-1-3-15(10-14)12-22-9-8-20-13-22/h1-10,13H,11-12H2,(H,21,23). The van der Waals surface area contributed by atoms with Crippen LogP contribution >= 0.6 is 15.9 Å². The summed E-state index contributed by atoms with van der Waals surface area (Å²) in [6.07, 6.45) is 5.49. The van der Waals surface area contributed by atoms with Crippen LogP contribution in [-0.4, -0.2) is 15.5 Å². The van der Waals surface area contributed by atoms with Gasteiger partial charge in [0.15, 0.2) is 0 Å². The number of hydrogen-bond acceptors (Lipinski definition) is 2. The molecule has 0 fully saturated rings. The van der Waals surface area contributed by atoms with Gasteiger partial charge in [-0.2, -0.15) is 0 Å². The van der Waals surface area contributed by atoms with Crippen molar-refractivity contribution in [3.8, 4) is 0 Å². The van der Waals surface area contributed by atoms with Crippen LogP contribution in [0.25, 0.3) is 0 Å². The van der Waals surface area contributed by atoms with Gasteiger partial charge in [0.2, 0.25) is 0 Å². The Morgan fingerprint density at radius 2 is 1.91 bits per heavy atom. The summed E-state index contributed by atoms with van der Waals surface area (Å²) in [5, 5.41) is 2.95. The Balaban J connectivity index is 1.61. The third-order valence-electron chi connectivity index (χ3n) is 3.48. The molecule has 2 aromatic carbocycles. The number of amides is 1. The smallest absolute Gasteiger partial charge is 0.251 e. The molecule has 0 saturated heterocycles. The van der Waals surface area contributed by atoms with Crippen molar-refractivity contribution >= 4 is 21.8 Å². The molecule has 0 spiro atoms. The van der Waals surface area contributed by atoms with Gasteiger partial charge in [-0.1, -0.05) is 40.2 Å². The summed E-state index contributed by atoms with van der Waals surface area (Å²) < 4.78 is 2.97. The molecule has 1 heterocycles. The minimum atomic E-state index is -0.0717. The molecule has 3 aromatic rings. The molecule has 1 N–H and O–H groups in total. The highest BCUT2D eigenvalue weighted by atomic mass is 79.9. The predicted molar refractivity (Wildman–Crippen MR) is 93.1 cm³/mol. The summed E-state index contributed by atoms with van der Waals surface area (Å²) in [6.45, 7) is 1.28. The molecule has 0 unspecified atom stereocenters. The van der Waals surface area contributed by atoms with Gasteiger partial charge < -0.3 is 9.88 Å². The number of nitrogens with one attached hydrogen (secondary N) is 1. The van der Waals surface area contributed by atoms with E-state index in [-0.39, 0.29) is 5.91 Å². The quantitative estimate of drug-likeness (QED) is 0.746. The SMILES string of the molecule is O=C(NCc1cccc(Cn2ccnc2)c1)c1ccc(Br)cc1. The molecule has 23 heavy (non-hydrogen) atoms. The zero-order valence-corrected chi connectivity index (χ0v) is 14.0. The van der Waals surface area contributed by atoms with Crippen molar-refractivity contribution in [2.24, 2.45) is 0 Å². The molecule has 0 aliphatic heterocycles. The molecule has 0 saturated carbocycles. The lowest BCUT2D eigenvalue weighted by molar-refractivity contribution is 0.0951. The van der Waals surface area contributed by atoms with Crippen LogP contribution in [0.3, 0.4) is 0 Å². The van der Waals surface area contributed by atoms with Gasteiger partial charge in [-0.15, -0.1) is 0 Å². The summed E-state index contributed by atoms with van der Waals surface area (Å²) in [6, 6.07) is 15.5. The third kappa shape index (κ3) is 4.29. The van der Waals surface area contributed by atoms with Crippen molar-refractivity contribution in [2.45, 2.75) is 13.1 Å². The highest BCUT2D eigenvalue weighted by Crippen LogP contribution is 2.11. The van der Waals surface area contributed by atoms with E-state index in [9.17, 15) is 4.79 Å². The van der Waals surface area contributed by atoms with E-state index in [2.05, 4.69) is 38.4 Å². The van der Waals surface area contributed by atoms with Crippen LogP contribution in [0.15, 0.2) is 71.7 Å². The highest BCUT2D eigenvalue weighted by Gasteiger charge is 2.05. The van der Waals surface area contributed by atoms with Crippen LogP contribution in [0, 0.1) is 0 Å². The van der Waals surface area contributed by atoms with E-state index >= 15 is 0 Å². The lowest BCUT2D eigenvalue weighted by Gasteiger charge is -2.08. The van der Waals surface area contributed by atoms with Crippen LogP contribution in [0.4, 0.5) is 0 Å². The number of rotatable bonds is 5. The molecule has 0 atom stereocenters. The van der Waals surface area contributed by atoms with E-state index in [4.69, 9.17) is 0 Å². The molecular formula is C18H16BrN3O. The van der Waals surface area contributed by atoms with Crippen LogP contribution in [0.5, 0.6) is 0 Å². The van der Waals surface area contributed by atoms with Gasteiger partial charge in [-0.3, -0.25) is 4.79 Å². The van der Waals surface area contributed by atoms with E-state index in [0.29, 0.717) is 12.1 Å². The number of benzene rings is 2. The first-order valence-corrected chi connectivity index (χ1v) is 8.07. The van der Waals surface area contributed by atoms with E-state index in [0.717, 1.165) is 16.6 Å². The number of halogens is 1. The lowest BCUT2D eigenvalue weighted by Crippen LogP contribution is -2.22. The normalized spacial score (nSPS) is 10.5. The van der Waals surface area contributed by atoms with Gasteiger partial charge in [0.05, 0.1) is 6.33 Å². The topological polar surface area (TPSA) is 46.9 Å². The fraction of sp³-hybridized carbons (Fsp3) is 0.111. The fourth-order valence-corrected chi connectivity index (χ4v) is 2.58. The monoisotopic (exact) mass is 369 g/mol. The second kappa shape index (κ2) is 7.24. The van der Waals surface area contributed by atoms with Gasteiger partial charge in [-0.25, -0.2) is 4.98 Å². The summed E-state index contributed by atoms with van der Waals surface area (Å²) in [5.74, 6) is -0.0717. The maximum absolute atomic E-state index is 12.1. The van der Waals surface area contributed by atoms with E-state index in [1.165, 1.54) is 5.56 Å². The van der Waals surface area contributed by atoms with Crippen LogP contribution in [0.1, 0.15) is 21.5 Å². The second-order valence-corrected chi connectivity index (χ2v) is 6.16. The zero-order chi connectivity index (χ0) is 16.1. The average molecular weight is 370 g/mol. The first-order valence-electron chi connectivity index (χ1n) is 7.28. The number of nitrogens with zero attached hydrogens (tertiary/aromatic N) is 2. The summed E-state index contributed by atoms with van der Waals surface area (Å²) >= 11 is 3.36. The van der Waals surface area contributed by atoms with Gasteiger partial charge in [0.1, 0.15) is 0 Å². The minimum Gasteiger partial charge on any atom is -0.348 e. The molecule has 1 aromatic heterocycles. The molecule has 1 amide bonds. The van der Waals surface area contributed by atoms with Gasteiger partial charge in [0.25, 0.3) is 5.91 Å². The molecular weight excluding hydrogens is 354 g/mol. The maximum Gasteiger partial charge on any atom is 0.251 e. The largest absolute Gasteiger partial charge is 0.348 e. The molecule has 4 nitrogen and oxygen atoms in total. The summed E-state index contributed by atoms with van der Waals surface area (Å²) in [7, 11) is 0. The predicted octanol–water partition coefficient (Wildman–Crippen LogP) is 3.62. The van der Waals surface area contributed by atoms with Crippen molar-refractivity contribution in [2.75, 3.05) is 0 Å². The summed E-state index contributed by atoms with van der Waals surface area (Å²) in [5.41, 5.74) is 2.91. The van der Waals surface area contributed by atoms with Gasteiger partial charge in [0, 0.05) is 35.5 Å². The number of imidazole rings is 1. The van der Waals surface area contributed by atoms with Crippen molar-refractivity contribution in [3.63, 3.8) is 0 Å². The molecule has 5 heteroatoms. The van der Waals surface area contributed by atoms with Crippen molar-refractivity contribution < 1.29 is 4.79 Å². The van der Waals surface area contributed by atoms with Crippen LogP contribution in [0.2, 0.25) is 0 Å². The number of hydrogen-bond donors (Lipinski definition) is 1. The average Bonchev–Trinajstić information content (AvgIpc) is 3.07. The van der Waals surface area contributed by atoms with Crippen molar-refractivity contribution in [3.05, 3.63) is 88.4 Å². The molecule has 3 rings (SSSR count). The first-order chi connectivity index (χ1) is 11.2. The molecule has 0 bridgehead atoms. The Bertz CT molecular complexity index is 782. The highest BCUT2D eigenvalue weighted by molar-refractivity contribution is 9.10. The minimum absolute atomic E-state index is 0.0717. The molecule has 116 valence electrons. The maximum atomic E-state index is 12.1. The van der Waals surface area contributed by atoms with Crippen molar-refractivity contribution in [1.29, 1.82) is 0 Å². The van der Waals surface area contributed by atoms with Crippen LogP contribution < -0.4 is 5.32 Å². The van der Waals surface area contributed by atoms with Crippen molar-refractivity contribution in [1.82, 2.24) is 14.9 Å². The Morgan fingerprint density at radius 1 is 1.13 bits per heavy atom. The number of carbonyl (C=O) groups excluding carboxylic acids is 1. The molecule has 0 aliphatic rings. The Hall–Kier alpha value is -2.40. The van der Waals surface area contributed by atoms with E-state index in [1.807, 2.05) is 35.0 Å². The van der Waals surface area contributed by atoms with Gasteiger partial charge in [-0.05, 0) is 35.4 Å². The third-order valence-corrected chi connectivity index (χ3v) is 4.00. The number of carbonyl (C=O) groups is 1. The molecule has 0 aliphatic carbocycles. The first kappa shape index (κ1) is 15.5. The van der Waals surface area contributed by atoms with Crippen LogP contribution in [-0.2, 0) is 13.1 Å². The lowest BCUT2D eigenvalue weighted by atomic mass is 10.1. The van der Waals surface area contributed by atoms with Gasteiger partial charge >= 0.3 is 0 Å². The molecule has 0 radical (unpaired) electrons. The van der Waals surface area contributed by atoms with E-state index < -0.39 is 0 Å².